The van der Waals surface area contributed by atoms with E-state index in [0.717, 1.165) is 0 Å². The van der Waals surface area contributed by atoms with Crippen molar-refractivity contribution in [1.82, 2.24) is 0 Å². The van der Waals surface area contributed by atoms with Gasteiger partial charge in [0.05, 0.1) is 5.57 Å². The molecule has 13 heavy (non-hydrogen) atoms. The van der Waals surface area contributed by atoms with E-state index in [9.17, 15) is 14.9 Å². The molecule has 0 aromatic carbocycles. The summed E-state index contributed by atoms with van der Waals surface area (Å²) < 4.78 is 0. The average molecular weight is 183 g/mol. The number of hydrogen-bond donors (Lipinski definition) is 2. The molecule has 0 aliphatic heterocycles. The van der Waals surface area contributed by atoms with Crippen LogP contribution in [0.5, 0.6) is 0 Å². The highest BCUT2D eigenvalue weighted by Crippen LogP contribution is 2.16. The number of carbonyl (C=O) groups is 1. The Labute approximate surface area is 74.0 Å². The molecule has 0 saturated carbocycles. The number of amides is 1. The van der Waals surface area contributed by atoms with Crippen molar-refractivity contribution in [3.05, 3.63) is 33.5 Å². The van der Waals surface area contributed by atoms with Crippen LogP contribution in [0.25, 0.3) is 0 Å². The van der Waals surface area contributed by atoms with Crippen molar-refractivity contribution < 1.29 is 9.72 Å². The number of rotatable bonds is 2. The van der Waals surface area contributed by atoms with Crippen LogP contribution in [-0.2, 0) is 4.79 Å². The van der Waals surface area contributed by atoms with Crippen molar-refractivity contribution in [1.29, 1.82) is 0 Å². The van der Waals surface area contributed by atoms with Crippen LogP contribution in [-0.4, -0.2) is 16.9 Å². The van der Waals surface area contributed by atoms with Crippen LogP contribution < -0.4 is 11.5 Å². The third-order valence-corrected chi connectivity index (χ3v) is 1.78. The summed E-state index contributed by atoms with van der Waals surface area (Å²) in [6, 6.07) is -0.844. The summed E-state index contributed by atoms with van der Waals surface area (Å²) in [5, 5.41) is 10.3. The predicted octanol–water partition coefficient (Wildman–Crippen LogP) is -0.710. The average Bonchev–Trinajstić information content (AvgIpc) is 2.03. The minimum Gasteiger partial charge on any atom is -0.398 e. The Bertz CT molecular complexity index is 319. The maximum atomic E-state index is 10.7. The Balaban J connectivity index is 2.86. The lowest BCUT2D eigenvalue weighted by atomic mass is 10.0. The van der Waals surface area contributed by atoms with Crippen LogP contribution in [0.1, 0.15) is 6.42 Å². The highest BCUT2D eigenvalue weighted by Gasteiger charge is 2.23. The Hall–Kier alpha value is -1.85. The van der Waals surface area contributed by atoms with Crippen LogP contribution in [0.3, 0.4) is 0 Å². The lowest BCUT2D eigenvalue weighted by Gasteiger charge is -2.11. The summed E-state index contributed by atoms with van der Waals surface area (Å²) in [6.45, 7) is 0. The molecule has 1 aliphatic carbocycles. The number of hydrogen-bond acceptors (Lipinski definition) is 4. The van der Waals surface area contributed by atoms with E-state index < -0.39 is 16.9 Å². The SMILES string of the molecule is NC(=O)C1=CCC([N+](=O)[O-])C=C1N. The molecule has 0 spiro atoms. The number of nitrogens with two attached hydrogens (primary N) is 2. The van der Waals surface area contributed by atoms with Crippen LogP contribution >= 0.6 is 0 Å². The molecule has 1 aliphatic rings. The summed E-state index contributed by atoms with van der Waals surface area (Å²) in [7, 11) is 0. The first-order chi connectivity index (χ1) is 6.02. The third kappa shape index (κ3) is 1.84. The zero-order chi connectivity index (χ0) is 10.0. The Morgan fingerprint density at radius 2 is 2.31 bits per heavy atom. The van der Waals surface area contributed by atoms with E-state index in [2.05, 4.69) is 0 Å². The second-order valence-corrected chi connectivity index (χ2v) is 2.69. The second kappa shape index (κ2) is 3.26. The molecule has 0 aromatic heterocycles. The minimum atomic E-state index is -0.844. The molecular formula is C7H9N3O3. The first-order valence-electron chi connectivity index (χ1n) is 3.63. The van der Waals surface area contributed by atoms with Gasteiger partial charge in [0, 0.05) is 23.1 Å². The van der Waals surface area contributed by atoms with Gasteiger partial charge in [-0.3, -0.25) is 14.9 Å². The zero-order valence-electron chi connectivity index (χ0n) is 6.77. The van der Waals surface area contributed by atoms with Crippen LogP contribution in [0.2, 0.25) is 0 Å². The highest BCUT2D eigenvalue weighted by atomic mass is 16.6. The second-order valence-electron chi connectivity index (χ2n) is 2.69. The third-order valence-electron chi connectivity index (χ3n) is 1.78. The monoisotopic (exact) mass is 183 g/mol. The fraction of sp³-hybridized carbons (Fsp3) is 0.286. The molecule has 0 fully saturated rings. The van der Waals surface area contributed by atoms with Crippen molar-refractivity contribution in [2.24, 2.45) is 11.5 Å². The zero-order valence-corrected chi connectivity index (χ0v) is 6.77. The van der Waals surface area contributed by atoms with Crippen molar-refractivity contribution in [3.63, 3.8) is 0 Å². The molecule has 0 heterocycles. The van der Waals surface area contributed by atoms with E-state index in [1.165, 1.54) is 12.2 Å². The molecule has 0 radical (unpaired) electrons. The Kier molecular flexibility index (Phi) is 2.32. The highest BCUT2D eigenvalue weighted by molar-refractivity contribution is 5.96. The number of primary amides is 1. The first kappa shape index (κ1) is 9.24. The van der Waals surface area contributed by atoms with E-state index in [-0.39, 0.29) is 17.7 Å². The van der Waals surface area contributed by atoms with Crippen LogP contribution in [0.15, 0.2) is 23.4 Å². The lowest BCUT2D eigenvalue weighted by Crippen LogP contribution is -2.26. The molecule has 0 bridgehead atoms. The maximum Gasteiger partial charge on any atom is 0.250 e. The Morgan fingerprint density at radius 3 is 2.69 bits per heavy atom. The van der Waals surface area contributed by atoms with Crippen molar-refractivity contribution >= 4 is 5.91 Å². The molecule has 6 heteroatoms. The maximum absolute atomic E-state index is 10.7. The van der Waals surface area contributed by atoms with Gasteiger partial charge in [0.1, 0.15) is 0 Å². The lowest BCUT2D eigenvalue weighted by molar-refractivity contribution is -0.508. The molecule has 1 unspecified atom stereocenters. The van der Waals surface area contributed by atoms with Crippen molar-refractivity contribution in [3.8, 4) is 0 Å². The fourth-order valence-electron chi connectivity index (χ4n) is 1.11. The van der Waals surface area contributed by atoms with Gasteiger partial charge >= 0.3 is 0 Å². The van der Waals surface area contributed by atoms with Crippen molar-refractivity contribution in [2.75, 3.05) is 0 Å². The Morgan fingerprint density at radius 1 is 1.69 bits per heavy atom. The van der Waals surface area contributed by atoms with Gasteiger partial charge in [-0.05, 0) is 0 Å². The summed E-state index contributed by atoms with van der Waals surface area (Å²) in [5.74, 6) is -0.657. The molecule has 0 aromatic rings. The van der Waals surface area contributed by atoms with Gasteiger partial charge in [-0.15, -0.1) is 0 Å². The molecule has 4 N–H and O–H groups in total. The quantitative estimate of drug-likeness (QED) is 0.435. The van der Waals surface area contributed by atoms with Gasteiger partial charge in [0.2, 0.25) is 11.9 Å². The van der Waals surface area contributed by atoms with Gasteiger partial charge in [0.25, 0.3) is 0 Å². The van der Waals surface area contributed by atoms with E-state index in [1.54, 1.807) is 0 Å². The van der Waals surface area contributed by atoms with Gasteiger partial charge in [-0.2, -0.15) is 0 Å². The topological polar surface area (TPSA) is 112 Å². The molecule has 1 rings (SSSR count). The number of carbonyl (C=O) groups excluding carboxylic acids is 1. The fourth-order valence-corrected chi connectivity index (χ4v) is 1.11. The van der Waals surface area contributed by atoms with Gasteiger partial charge in [0.15, 0.2) is 0 Å². The van der Waals surface area contributed by atoms with Crippen LogP contribution in [0, 0.1) is 10.1 Å². The first-order valence-corrected chi connectivity index (χ1v) is 3.63. The molecule has 6 nitrogen and oxygen atoms in total. The van der Waals surface area contributed by atoms with Crippen LogP contribution in [0.4, 0.5) is 0 Å². The minimum absolute atomic E-state index is 0.0838. The molecular weight excluding hydrogens is 174 g/mol. The molecule has 1 atom stereocenters. The smallest absolute Gasteiger partial charge is 0.250 e. The van der Waals surface area contributed by atoms with E-state index in [1.807, 2.05) is 0 Å². The number of nitrogens with zero attached hydrogens (tertiary/aromatic N) is 1. The summed E-state index contributed by atoms with van der Waals surface area (Å²) >= 11 is 0. The molecule has 1 amide bonds. The van der Waals surface area contributed by atoms with E-state index in [4.69, 9.17) is 11.5 Å². The summed E-state index contributed by atoms with van der Waals surface area (Å²) in [6.07, 6.45) is 2.79. The van der Waals surface area contributed by atoms with Gasteiger partial charge in [-0.1, -0.05) is 6.08 Å². The van der Waals surface area contributed by atoms with Crippen molar-refractivity contribution in [2.45, 2.75) is 12.5 Å². The largest absolute Gasteiger partial charge is 0.398 e. The van der Waals surface area contributed by atoms with E-state index >= 15 is 0 Å². The van der Waals surface area contributed by atoms with Gasteiger partial charge in [-0.25, -0.2) is 0 Å². The normalized spacial score (nSPS) is 21.7. The van der Waals surface area contributed by atoms with Gasteiger partial charge < -0.3 is 11.5 Å². The van der Waals surface area contributed by atoms with E-state index in [0.29, 0.717) is 0 Å². The predicted molar refractivity (Wildman–Crippen MR) is 44.9 cm³/mol. The molecule has 0 saturated heterocycles. The summed E-state index contributed by atoms with van der Waals surface area (Å²) in [4.78, 5) is 20.6. The summed E-state index contributed by atoms with van der Waals surface area (Å²) in [5.41, 5.74) is 10.6. The molecule has 70 valence electrons. The number of nitro groups is 1. The standard InChI is InChI=1S/C7H9N3O3/c8-6-3-4(10(12)13)1-2-5(6)7(9)11/h2-4H,1,8H2,(H2,9,11).